The van der Waals surface area contributed by atoms with Gasteiger partial charge in [0.2, 0.25) is 0 Å². The van der Waals surface area contributed by atoms with Crippen molar-refractivity contribution < 1.29 is 9.84 Å². The van der Waals surface area contributed by atoms with Gasteiger partial charge in [0.05, 0.1) is 24.6 Å². The fraction of sp³-hybridized carbons (Fsp3) is 0.500. The largest absolute Gasteiger partial charge is 0.493 e. The number of aliphatic hydroxyl groups excluding tert-OH is 1. The molecule has 0 radical (unpaired) electrons. The molecular formula is C18H26N2O2. The third-order valence-electron chi connectivity index (χ3n) is 3.72. The van der Waals surface area contributed by atoms with E-state index in [4.69, 9.17) is 9.84 Å². The van der Waals surface area contributed by atoms with Gasteiger partial charge in [-0.3, -0.25) is 5.10 Å². The summed E-state index contributed by atoms with van der Waals surface area (Å²) < 4.78 is 5.92. The Hall–Kier alpha value is -1.81. The van der Waals surface area contributed by atoms with Crippen LogP contribution in [0.15, 0.2) is 30.3 Å². The smallest absolute Gasteiger partial charge is 0.128 e. The minimum absolute atomic E-state index is 0.0339. The molecule has 2 rings (SSSR count). The highest BCUT2D eigenvalue weighted by molar-refractivity contribution is 5.67. The van der Waals surface area contributed by atoms with Gasteiger partial charge in [-0.25, -0.2) is 0 Å². The lowest BCUT2D eigenvalue weighted by atomic mass is 10.1. The zero-order valence-corrected chi connectivity index (χ0v) is 13.3. The third-order valence-corrected chi connectivity index (χ3v) is 3.72. The van der Waals surface area contributed by atoms with Crippen molar-refractivity contribution in [2.45, 2.75) is 52.1 Å². The van der Waals surface area contributed by atoms with Crippen LogP contribution in [0, 0.1) is 0 Å². The summed E-state index contributed by atoms with van der Waals surface area (Å²) in [4.78, 5) is 0. The van der Waals surface area contributed by atoms with Gasteiger partial charge in [0.25, 0.3) is 0 Å². The molecule has 4 nitrogen and oxygen atoms in total. The van der Waals surface area contributed by atoms with Crippen molar-refractivity contribution in [2.24, 2.45) is 0 Å². The normalized spacial score (nSPS) is 10.8. The molecule has 0 amide bonds. The summed E-state index contributed by atoms with van der Waals surface area (Å²) in [5, 5.41) is 16.2. The van der Waals surface area contributed by atoms with Crippen LogP contribution in [-0.2, 0) is 6.61 Å². The second-order valence-electron chi connectivity index (χ2n) is 5.55. The molecular weight excluding hydrogens is 276 g/mol. The molecule has 0 saturated carbocycles. The Kier molecular flexibility index (Phi) is 6.97. The van der Waals surface area contributed by atoms with Crippen molar-refractivity contribution in [1.29, 1.82) is 0 Å². The average molecular weight is 302 g/mol. The molecule has 0 fully saturated rings. The summed E-state index contributed by atoms with van der Waals surface area (Å²) in [6, 6.07) is 9.76. The number of rotatable bonds is 10. The van der Waals surface area contributed by atoms with E-state index in [0.717, 1.165) is 30.0 Å². The number of unbranched alkanes of at least 4 members (excludes halogenated alkanes) is 5. The Balaban J connectivity index is 1.86. The number of H-pyrrole nitrogens is 1. The summed E-state index contributed by atoms with van der Waals surface area (Å²) in [7, 11) is 0. The maximum atomic E-state index is 9.13. The quantitative estimate of drug-likeness (QED) is 0.643. The lowest BCUT2D eigenvalue weighted by Gasteiger charge is -2.10. The number of aliphatic hydroxyl groups is 1. The second-order valence-corrected chi connectivity index (χ2v) is 5.55. The number of hydrogen-bond acceptors (Lipinski definition) is 3. The van der Waals surface area contributed by atoms with Crippen LogP contribution in [0.1, 0.15) is 51.1 Å². The molecule has 1 aromatic heterocycles. The number of ether oxygens (including phenoxy) is 1. The second kappa shape index (κ2) is 9.26. The summed E-state index contributed by atoms with van der Waals surface area (Å²) in [6.07, 6.45) is 7.53. The van der Waals surface area contributed by atoms with E-state index < -0.39 is 0 Å². The fourth-order valence-corrected chi connectivity index (χ4v) is 2.45. The molecule has 0 saturated heterocycles. The zero-order valence-electron chi connectivity index (χ0n) is 13.3. The zero-order chi connectivity index (χ0) is 15.6. The molecule has 2 aromatic rings. The minimum atomic E-state index is -0.0339. The molecule has 2 N–H and O–H groups in total. The van der Waals surface area contributed by atoms with Gasteiger partial charge >= 0.3 is 0 Å². The Morgan fingerprint density at radius 2 is 1.86 bits per heavy atom. The first-order valence-corrected chi connectivity index (χ1v) is 8.22. The van der Waals surface area contributed by atoms with E-state index in [1.165, 1.54) is 32.1 Å². The number of aromatic amines is 1. The van der Waals surface area contributed by atoms with Crippen molar-refractivity contribution in [2.75, 3.05) is 6.61 Å². The van der Waals surface area contributed by atoms with Gasteiger partial charge in [-0.1, -0.05) is 51.2 Å². The summed E-state index contributed by atoms with van der Waals surface area (Å²) >= 11 is 0. The predicted molar refractivity (Wildman–Crippen MR) is 88.8 cm³/mol. The number of hydrogen-bond donors (Lipinski definition) is 2. The van der Waals surface area contributed by atoms with E-state index in [1.807, 2.05) is 30.3 Å². The predicted octanol–water partition coefficient (Wildman–Crippen LogP) is 4.31. The first kappa shape index (κ1) is 16.6. The monoisotopic (exact) mass is 302 g/mol. The summed E-state index contributed by atoms with van der Waals surface area (Å²) in [5.74, 6) is 0.854. The van der Waals surface area contributed by atoms with Crippen LogP contribution < -0.4 is 4.74 Å². The molecule has 0 unspecified atom stereocenters. The fourth-order valence-electron chi connectivity index (χ4n) is 2.45. The van der Waals surface area contributed by atoms with Gasteiger partial charge < -0.3 is 9.84 Å². The van der Waals surface area contributed by atoms with Crippen LogP contribution in [0.3, 0.4) is 0 Å². The Morgan fingerprint density at radius 3 is 2.64 bits per heavy atom. The number of nitrogens with zero attached hydrogens (tertiary/aromatic N) is 1. The van der Waals surface area contributed by atoms with E-state index in [0.29, 0.717) is 5.69 Å². The van der Waals surface area contributed by atoms with Gasteiger partial charge in [-0.15, -0.1) is 0 Å². The first-order valence-electron chi connectivity index (χ1n) is 8.22. The van der Waals surface area contributed by atoms with Crippen LogP contribution in [0.2, 0.25) is 0 Å². The van der Waals surface area contributed by atoms with Gasteiger partial charge in [0.1, 0.15) is 5.75 Å². The maximum absolute atomic E-state index is 9.13. The Morgan fingerprint density at radius 1 is 1.09 bits per heavy atom. The Bertz CT molecular complexity index is 552. The van der Waals surface area contributed by atoms with E-state index in [9.17, 15) is 0 Å². The van der Waals surface area contributed by atoms with Crippen LogP contribution >= 0.6 is 0 Å². The molecule has 1 heterocycles. The van der Waals surface area contributed by atoms with Crippen molar-refractivity contribution in [3.8, 4) is 17.0 Å². The number of para-hydroxylation sites is 1. The standard InChI is InChI=1S/C18H26N2O2/c1-2-3-4-5-6-9-12-22-18-11-8-7-10-16(18)17-13-15(14-21)19-20-17/h7-8,10-11,13,21H,2-6,9,12,14H2,1H3,(H,19,20). The van der Waals surface area contributed by atoms with Crippen LogP contribution in [-0.4, -0.2) is 21.9 Å². The highest BCUT2D eigenvalue weighted by atomic mass is 16.5. The summed E-state index contributed by atoms with van der Waals surface area (Å²) in [6.45, 7) is 2.94. The lowest BCUT2D eigenvalue weighted by molar-refractivity contribution is 0.276. The van der Waals surface area contributed by atoms with Gasteiger partial charge in [0.15, 0.2) is 0 Å². The van der Waals surface area contributed by atoms with Crippen LogP contribution in [0.25, 0.3) is 11.3 Å². The molecule has 4 heteroatoms. The lowest BCUT2D eigenvalue weighted by Crippen LogP contribution is -1.99. The molecule has 0 bridgehead atoms. The first-order chi connectivity index (χ1) is 10.8. The average Bonchev–Trinajstić information content (AvgIpc) is 3.03. The summed E-state index contributed by atoms with van der Waals surface area (Å²) in [5.41, 5.74) is 2.48. The van der Waals surface area contributed by atoms with Crippen molar-refractivity contribution >= 4 is 0 Å². The third kappa shape index (κ3) is 4.88. The van der Waals surface area contributed by atoms with Crippen LogP contribution in [0.4, 0.5) is 0 Å². The van der Waals surface area contributed by atoms with Crippen molar-refractivity contribution in [3.05, 3.63) is 36.0 Å². The highest BCUT2D eigenvalue weighted by Crippen LogP contribution is 2.29. The van der Waals surface area contributed by atoms with Crippen molar-refractivity contribution in [1.82, 2.24) is 10.2 Å². The highest BCUT2D eigenvalue weighted by Gasteiger charge is 2.09. The number of aromatic nitrogens is 2. The molecule has 0 aliphatic rings. The van der Waals surface area contributed by atoms with Gasteiger partial charge in [0, 0.05) is 5.56 Å². The van der Waals surface area contributed by atoms with Crippen molar-refractivity contribution in [3.63, 3.8) is 0 Å². The van der Waals surface area contributed by atoms with Gasteiger partial charge in [-0.05, 0) is 24.6 Å². The van der Waals surface area contributed by atoms with E-state index in [-0.39, 0.29) is 6.61 Å². The molecule has 1 aromatic carbocycles. The number of benzene rings is 1. The molecule has 0 aliphatic carbocycles. The number of nitrogens with one attached hydrogen (secondary N) is 1. The molecule has 120 valence electrons. The minimum Gasteiger partial charge on any atom is -0.493 e. The van der Waals surface area contributed by atoms with E-state index >= 15 is 0 Å². The Labute approximate surface area is 132 Å². The van der Waals surface area contributed by atoms with E-state index in [1.54, 1.807) is 0 Å². The topological polar surface area (TPSA) is 58.1 Å². The maximum Gasteiger partial charge on any atom is 0.128 e. The molecule has 0 spiro atoms. The van der Waals surface area contributed by atoms with Crippen LogP contribution in [0.5, 0.6) is 5.75 Å². The van der Waals surface area contributed by atoms with E-state index in [2.05, 4.69) is 17.1 Å². The van der Waals surface area contributed by atoms with Gasteiger partial charge in [-0.2, -0.15) is 5.10 Å². The SMILES string of the molecule is CCCCCCCCOc1ccccc1-c1cc(CO)[nH]n1. The molecule has 22 heavy (non-hydrogen) atoms. The molecule has 0 atom stereocenters. The molecule has 0 aliphatic heterocycles.